The Hall–Kier alpha value is -2.12. The molecule has 1 atom stereocenters. The fraction of sp³-hybridized carbons (Fsp3) is 0.667. The van der Waals surface area contributed by atoms with E-state index in [1.165, 1.54) is 45.2 Å². The summed E-state index contributed by atoms with van der Waals surface area (Å²) >= 11 is 0. The Balaban J connectivity index is 1.11. The highest BCUT2D eigenvalue weighted by Crippen LogP contribution is 2.31. The van der Waals surface area contributed by atoms with E-state index in [9.17, 15) is 9.59 Å². The lowest BCUT2D eigenvalue weighted by atomic mass is 10.00. The fourth-order valence-electron chi connectivity index (χ4n) is 4.96. The highest BCUT2D eigenvalue weighted by molar-refractivity contribution is 6.00. The molecule has 31 heavy (non-hydrogen) atoms. The van der Waals surface area contributed by atoms with Crippen LogP contribution in [0.4, 0.5) is 5.69 Å². The van der Waals surface area contributed by atoms with Gasteiger partial charge >= 0.3 is 0 Å². The van der Waals surface area contributed by atoms with Gasteiger partial charge in [-0.2, -0.15) is 0 Å². The van der Waals surface area contributed by atoms with Crippen LogP contribution in [0, 0.1) is 6.92 Å². The summed E-state index contributed by atoms with van der Waals surface area (Å²) in [5.41, 5.74) is 1.72. The molecule has 170 valence electrons. The molecule has 2 amide bonds. The van der Waals surface area contributed by atoms with Gasteiger partial charge in [-0.15, -0.1) is 0 Å². The SMILES string of the molecule is Cc1ccc2c(c1)NC(=O)C(CC(=O)NCCCN1CCC(N3CCCCC3)CC1)O2. The first-order valence-electron chi connectivity index (χ1n) is 11.9. The van der Waals surface area contributed by atoms with Gasteiger partial charge < -0.3 is 25.2 Å². The van der Waals surface area contributed by atoms with E-state index in [4.69, 9.17) is 4.74 Å². The smallest absolute Gasteiger partial charge is 0.266 e. The first-order valence-corrected chi connectivity index (χ1v) is 11.9. The average Bonchev–Trinajstić information content (AvgIpc) is 2.78. The molecule has 7 nitrogen and oxygen atoms in total. The summed E-state index contributed by atoms with van der Waals surface area (Å²) < 4.78 is 5.75. The molecule has 2 saturated heterocycles. The van der Waals surface area contributed by atoms with Crippen molar-refractivity contribution in [1.82, 2.24) is 15.1 Å². The highest BCUT2D eigenvalue weighted by Gasteiger charge is 2.30. The monoisotopic (exact) mass is 428 g/mol. The van der Waals surface area contributed by atoms with Crippen molar-refractivity contribution < 1.29 is 14.3 Å². The van der Waals surface area contributed by atoms with Crippen LogP contribution in [0.5, 0.6) is 5.75 Å². The number of fused-ring (bicyclic) bond motifs is 1. The van der Waals surface area contributed by atoms with Crippen LogP contribution in [-0.2, 0) is 9.59 Å². The molecule has 0 saturated carbocycles. The second kappa shape index (κ2) is 10.5. The summed E-state index contributed by atoms with van der Waals surface area (Å²) in [6.45, 7) is 8.49. The lowest BCUT2D eigenvalue weighted by Gasteiger charge is -2.40. The molecule has 0 bridgehead atoms. The molecule has 0 spiro atoms. The number of benzene rings is 1. The number of hydrogen-bond acceptors (Lipinski definition) is 5. The number of hydrogen-bond donors (Lipinski definition) is 2. The Kier molecular flexibility index (Phi) is 7.45. The van der Waals surface area contributed by atoms with E-state index in [0.29, 0.717) is 18.0 Å². The number of anilines is 1. The van der Waals surface area contributed by atoms with Crippen LogP contribution < -0.4 is 15.4 Å². The van der Waals surface area contributed by atoms with Gasteiger partial charge in [0.15, 0.2) is 6.10 Å². The normalized spacial score (nSPS) is 23.0. The van der Waals surface area contributed by atoms with E-state index in [-0.39, 0.29) is 18.2 Å². The number of carbonyl (C=O) groups is 2. The Morgan fingerprint density at radius 2 is 1.94 bits per heavy atom. The number of aryl methyl sites for hydroxylation is 1. The zero-order valence-electron chi connectivity index (χ0n) is 18.7. The largest absolute Gasteiger partial charge is 0.478 e. The summed E-state index contributed by atoms with van der Waals surface area (Å²) in [6.07, 6.45) is 6.85. The molecule has 2 fully saturated rings. The molecule has 0 aliphatic carbocycles. The van der Waals surface area contributed by atoms with Gasteiger partial charge in [0, 0.05) is 12.6 Å². The van der Waals surface area contributed by atoms with Crippen molar-refractivity contribution >= 4 is 17.5 Å². The quantitative estimate of drug-likeness (QED) is 0.653. The Morgan fingerprint density at radius 3 is 2.71 bits per heavy atom. The minimum Gasteiger partial charge on any atom is -0.478 e. The predicted octanol–water partition coefficient (Wildman–Crippen LogP) is 2.54. The minimum atomic E-state index is -0.774. The van der Waals surface area contributed by atoms with Crippen molar-refractivity contribution in [2.24, 2.45) is 0 Å². The average molecular weight is 429 g/mol. The first kappa shape index (κ1) is 22.1. The van der Waals surface area contributed by atoms with Crippen LogP contribution in [0.3, 0.4) is 0 Å². The van der Waals surface area contributed by atoms with Crippen molar-refractivity contribution in [3.8, 4) is 5.75 Å². The van der Waals surface area contributed by atoms with Crippen molar-refractivity contribution in [3.63, 3.8) is 0 Å². The van der Waals surface area contributed by atoms with Crippen LogP contribution in [-0.4, -0.2) is 73.0 Å². The van der Waals surface area contributed by atoms with Gasteiger partial charge in [0.05, 0.1) is 12.1 Å². The number of rotatable bonds is 7. The number of piperidine rings is 2. The number of nitrogens with zero attached hydrogens (tertiary/aromatic N) is 2. The summed E-state index contributed by atoms with van der Waals surface area (Å²) in [5, 5.41) is 5.79. The van der Waals surface area contributed by atoms with E-state index in [1.54, 1.807) is 0 Å². The van der Waals surface area contributed by atoms with Crippen molar-refractivity contribution in [3.05, 3.63) is 23.8 Å². The van der Waals surface area contributed by atoms with E-state index in [2.05, 4.69) is 20.4 Å². The predicted molar refractivity (Wildman–Crippen MR) is 121 cm³/mol. The van der Waals surface area contributed by atoms with E-state index < -0.39 is 6.10 Å². The van der Waals surface area contributed by atoms with Crippen LogP contribution in [0.25, 0.3) is 0 Å². The molecule has 3 heterocycles. The maximum absolute atomic E-state index is 12.3. The minimum absolute atomic E-state index is 0.0420. The third-order valence-corrected chi connectivity index (χ3v) is 6.76. The number of ether oxygens (including phenoxy) is 1. The molecule has 2 N–H and O–H groups in total. The lowest BCUT2D eigenvalue weighted by Crippen LogP contribution is -2.47. The molecule has 0 aromatic heterocycles. The number of amides is 2. The van der Waals surface area contributed by atoms with Crippen LogP contribution >= 0.6 is 0 Å². The van der Waals surface area contributed by atoms with Crippen molar-refractivity contribution in [2.75, 3.05) is 44.6 Å². The van der Waals surface area contributed by atoms with E-state index in [1.807, 2.05) is 25.1 Å². The van der Waals surface area contributed by atoms with Gasteiger partial charge in [-0.1, -0.05) is 12.5 Å². The second-order valence-corrected chi connectivity index (χ2v) is 9.17. The summed E-state index contributed by atoms with van der Waals surface area (Å²) in [4.78, 5) is 29.8. The van der Waals surface area contributed by atoms with Gasteiger partial charge in [-0.25, -0.2) is 0 Å². The fourth-order valence-corrected chi connectivity index (χ4v) is 4.96. The molecule has 1 aromatic rings. The molecule has 0 radical (unpaired) electrons. The number of nitrogens with one attached hydrogen (secondary N) is 2. The van der Waals surface area contributed by atoms with Crippen molar-refractivity contribution in [1.29, 1.82) is 0 Å². The van der Waals surface area contributed by atoms with Gasteiger partial charge in [-0.05, 0) is 89.4 Å². The third kappa shape index (κ3) is 5.98. The molecule has 3 aliphatic heterocycles. The molecule has 1 aromatic carbocycles. The number of carbonyl (C=O) groups excluding carboxylic acids is 2. The summed E-state index contributed by atoms with van der Waals surface area (Å²) in [6, 6.07) is 6.41. The summed E-state index contributed by atoms with van der Waals surface area (Å²) in [7, 11) is 0. The topological polar surface area (TPSA) is 73.9 Å². The van der Waals surface area contributed by atoms with Gasteiger partial charge in [0.1, 0.15) is 5.75 Å². The second-order valence-electron chi connectivity index (χ2n) is 9.17. The Morgan fingerprint density at radius 1 is 1.16 bits per heavy atom. The van der Waals surface area contributed by atoms with Crippen LogP contribution in [0.1, 0.15) is 50.5 Å². The Labute approximate surface area is 185 Å². The summed E-state index contributed by atoms with van der Waals surface area (Å²) in [5.74, 6) is 0.223. The van der Waals surface area contributed by atoms with Crippen LogP contribution in [0.2, 0.25) is 0 Å². The Bertz CT molecular complexity index is 770. The van der Waals surface area contributed by atoms with Crippen molar-refractivity contribution in [2.45, 2.75) is 64.0 Å². The lowest BCUT2D eigenvalue weighted by molar-refractivity contribution is -0.130. The molecule has 4 rings (SSSR count). The maximum Gasteiger partial charge on any atom is 0.266 e. The molecule has 1 unspecified atom stereocenters. The first-order chi connectivity index (χ1) is 15.1. The standard InChI is InChI=1S/C24H36N4O3/c1-18-6-7-21-20(16-18)26-24(30)22(31-21)17-23(29)25-10-5-11-27-14-8-19(9-15-27)28-12-3-2-4-13-28/h6-7,16,19,22H,2-5,8-15,17H2,1H3,(H,25,29)(H,26,30). The van der Waals surface area contributed by atoms with Crippen LogP contribution in [0.15, 0.2) is 18.2 Å². The maximum atomic E-state index is 12.3. The van der Waals surface area contributed by atoms with Gasteiger partial charge in [0.25, 0.3) is 5.91 Å². The molecular weight excluding hydrogens is 392 g/mol. The van der Waals surface area contributed by atoms with Gasteiger partial charge in [-0.3, -0.25) is 9.59 Å². The van der Waals surface area contributed by atoms with Gasteiger partial charge in [0.2, 0.25) is 5.91 Å². The zero-order chi connectivity index (χ0) is 21.6. The molecular formula is C24H36N4O3. The highest BCUT2D eigenvalue weighted by atomic mass is 16.5. The van der Waals surface area contributed by atoms with E-state index >= 15 is 0 Å². The zero-order valence-corrected chi connectivity index (χ0v) is 18.7. The van der Waals surface area contributed by atoms with E-state index in [0.717, 1.165) is 37.7 Å². The number of likely N-dealkylation sites (tertiary alicyclic amines) is 2. The molecule has 3 aliphatic rings. The third-order valence-electron chi connectivity index (χ3n) is 6.76. The molecule has 7 heteroatoms.